The lowest BCUT2D eigenvalue weighted by molar-refractivity contribution is -0.145. The molecule has 0 spiro atoms. The van der Waals surface area contributed by atoms with Crippen molar-refractivity contribution in [2.45, 2.75) is 84.4 Å². The molecule has 0 bridgehead atoms. The van der Waals surface area contributed by atoms with Crippen molar-refractivity contribution in [3.05, 3.63) is 12.2 Å². The summed E-state index contributed by atoms with van der Waals surface area (Å²) in [6.07, 6.45) is -0.0276. The van der Waals surface area contributed by atoms with E-state index in [1.165, 1.54) is 0 Å². The molecule has 28 heavy (non-hydrogen) atoms. The quantitative estimate of drug-likeness (QED) is 0.259. The number of rotatable bonds is 12. The Hall–Kier alpha value is -0.572. The number of aliphatic carboxylic acids is 1. The Morgan fingerprint density at radius 3 is 1.46 bits per heavy atom. The molecule has 164 valence electrons. The number of carbonyl (C=O) groups is 2. The fraction of sp³-hybridized carbons (Fsp3) is 0.765. The van der Waals surface area contributed by atoms with Crippen molar-refractivity contribution in [2.24, 2.45) is 0 Å². The molecule has 1 atom stereocenters. The minimum absolute atomic E-state index is 0.108. The Morgan fingerprint density at radius 1 is 0.857 bits per heavy atom. The maximum atomic E-state index is 12.5. The van der Waals surface area contributed by atoms with Crippen molar-refractivity contribution in [3.8, 4) is 0 Å². The molecule has 1 N–H and O–H groups in total. The summed E-state index contributed by atoms with van der Waals surface area (Å²) in [6, 6.07) is 0. The molecule has 0 saturated carbocycles. The van der Waals surface area contributed by atoms with Gasteiger partial charge in [0.05, 0.1) is 6.42 Å². The Balaban J connectivity index is 6.13. The van der Waals surface area contributed by atoms with Crippen LogP contribution < -0.4 is 0 Å². The first-order valence-corrected chi connectivity index (χ1v) is 21.5. The maximum Gasteiger partial charge on any atom is 0.512 e. The molecule has 0 saturated heterocycles. The molecule has 0 aromatic rings. The number of carboxylic acids is 1. The summed E-state index contributed by atoms with van der Waals surface area (Å²) in [7, 11) is -9.81. The van der Waals surface area contributed by atoms with Crippen LogP contribution in [-0.4, -0.2) is 56.5 Å². The van der Waals surface area contributed by atoms with E-state index in [4.69, 9.17) is 22.2 Å². The van der Waals surface area contributed by atoms with Gasteiger partial charge < -0.3 is 22.2 Å². The molecule has 0 aromatic heterocycles. The van der Waals surface area contributed by atoms with E-state index in [1.807, 2.05) is 65.8 Å². The van der Waals surface area contributed by atoms with Crippen LogP contribution in [0.2, 0.25) is 58.9 Å². The van der Waals surface area contributed by atoms with Crippen LogP contribution in [0.5, 0.6) is 0 Å². The zero-order valence-electron chi connectivity index (χ0n) is 19.1. The van der Waals surface area contributed by atoms with Crippen molar-refractivity contribution in [1.29, 1.82) is 0 Å². The van der Waals surface area contributed by atoms with Crippen LogP contribution in [0.4, 0.5) is 0 Å². The standard InChI is InChI=1S/C17H38O7Si4/c1-12-16(21-17(20)14(2)13-15(18)19)28(22-25(3,4)5,23-26(6,7)8)24-27(9,10)11/h16H,2,12-13H2,1,3-11H3,(H,18,19). The van der Waals surface area contributed by atoms with Gasteiger partial charge in [0.15, 0.2) is 30.7 Å². The first kappa shape index (κ1) is 27.4. The fourth-order valence-corrected chi connectivity index (χ4v) is 16.6. The largest absolute Gasteiger partial charge is 0.512 e. The van der Waals surface area contributed by atoms with Crippen LogP contribution in [0.1, 0.15) is 19.8 Å². The van der Waals surface area contributed by atoms with Gasteiger partial charge in [0, 0.05) is 5.57 Å². The first-order valence-electron chi connectivity index (χ1n) is 9.51. The Kier molecular flexibility index (Phi) is 9.75. The summed E-state index contributed by atoms with van der Waals surface area (Å²) in [5.74, 6) is -1.88. The predicted octanol–water partition coefficient (Wildman–Crippen LogP) is 4.37. The smallest absolute Gasteiger partial charge is 0.481 e. The Bertz CT molecular complexity index is 533. The van der Waals surface area contributed by atoms with Crippen molar-refractivity contribution in [2.75, 3.05) is 0 Å². The topological polar surface area (TPSA) is 91.3 Å². The number of carbonyl (C=O) groups excluding carboxylic acids is 1. The third kappa shape index (κ3) is 10.8. The molecule has 11 heteroatoms. The van der Waals surface area contributed by atoms with Crippen molar-refractivity contribution in [3.63, 3.8) is 0 Å². The van der Waals surface area contributed by atoms with E-state index in [1.54, 1.807) is 0 Å². The monoisotopic (exact) mass is 466 g/mol. The van der Waals surface area contributed by atoms with Gasteiger partial charge in [-0.15, -0.1) is 0 Å². The van der Waals surface area contributed by atoms with Crippen molar-refractivity contribution >= 4 is 45.7 Å². The second-order valence-corrected chi connectivity index (χ2v) is 26.7. The normalized spacial score (nSPS) is 14.5. The maximum absolute atomic E-state index is 12.5. The highest BCUT2D eigenvalue weighted by molar-refractivity contribution is 6.90. The molecule has 7 nitrogen and oxygen atoms in total. The van der Waals surface area contributed by atoms with E-state index < -0.39 is 57.8 Å². The van der Waals surface area contributed by atoms with Gasteiger partial charge in [-0.05, 0) is 65.3 Å². The number of hydrogen-bond donors (Lipinski definition) is 1. The molecule has 0 heterocycles. The highest BCUT2D eigenvalue weighted by atomic mass is 28.5. The summed E-state index contributed by atoms with van der Waals surface area (Å²) in [5.41, 5.74) is -0.821. The molecular weight excluding hydrogens is 429 g/mol. The SMILES string of the molecule is C=C(CC(=O)O)C(=O)OC(CC)[Si](O[Si](C)(C)C)(O[Si](C)(C)C)O[Si](C)(C)C. The summed E-state index contributed by atoms with van der Waals surface area (Å²) in [6.45, 7) is 23.9. The number of esters is 1. The molecule has 0 radical (unpaired) electrons. The minimum Gasteiger partial charge on any atom is -0.481 e. The summed E-state index contributed by atoms with van der Waals surface area (Å²) >= 11 is 0. The van der Waals surface area contributed by atoms with E-state index >= 15 is 0 Å². The molecule has 0 fully saturated rings. The summed E-state index contributed by atoms with van der Waals surface area (Å²) < 4.78 is 25.4. The van der Waals surface area contributed by atoms with E-state index in [9.17, 15) is 9.59 Å². The van der Waals surface area contributed by atoms with E-state index in [-0.39, 0.29) is 5.57 Å². The summed E-state index contributed by atoms with van der Waals surface area (Å²) in [5, 5.41) is 8.93. The Morgan fingerprint density at radius 2 is 1.21 bits per heavy atom. The molecule has 1 unspecified atom stereocenters. The van der Waals surface area contributed by atoms with Crippen molar-refractivity contribution in [1.82, 2.24) is 0 Å². The zero-order valence-corrected chi connectivity index (χ0v) is 23.1. The lowest BCUT2D eigenvalue weighted by Gasteiger charge is -2.45. The van der Waals surface area contributed by atoms with E-state index in [0.29, 0.717) is 6.42 Å². The van der Waals surface area contributed by atoms with E-state index in [0.717, 1.165) is 0 Å². The molecule has 0 aliphatic rings. The van der Waals surface area contributed by atoms with Gasteiger partial charge in [0.2, 0.25) is 0 Å². The molecule has 0 aliphatic carbocycles. The molecule has 0 amide bonds. The Labute approximate surface area is 174 Å². The van der Waals surface area contributed by atoms with Gasteiger partial charge in [0.1, 0.15) is 0 Å². The minimum atomic E-state index is -3.43. The van der Waals surface area contributed by atoms with Gasteiger partial charge in [-0.25, -0.2) is 4.79 Å². The second kappa shape index (κ2) is 9.96. The molecule has 0 rings (SSSR count). The highest BCUT2D eigenvalue weighted by Gasteiger charge is 2.57. The van der Waals surface area contributed by atoms with Crippen LogP contribution in [0.3, 0.4) is 0 Å². The average molecular weight is 467 g/mol. The lowest BCUT2D eigenvalue weighted by Crippen LogP contribution is -2.67. The number of carboxylic acid groups (broad SMARTS) is 1. The van der Waals surface area contributed by atoms with Gasteiger partial charge in [-0.3, -0.25) is 4.79 Å². The fourth-order valence-electron chi connectivity index (χ4n) is 2.41. The van der Waals surface area contributed by atoms with Crippen molar-refractivity contribution < 1.29 is 31.8 Å². The third-order valence-electron chi connectivity index (χ3n) is 3.01. The third-order valence-corrected chi connectivity index (χ3v) is 15.1. The molecule has 0 aromatic carbocycles. The van der Waals surface area contributed by atoms with Gasteiger partial charge in [-0.2, -0.15) is 0 Å². The zero-order chi connectivity index (χ0) is 22.6. The lowest BCUT2D eigenvalue weighted by atomic mass is 10.2. The number of ether oxygens (including phenoxy) is 1. The van der Waals surface area contributed by atoms with E-state index in [2.05, 4.69) is 6.58 Å². The second-order valence-electron chi connectivity index (χ2n) is 9.72. The number of hydrogen-bond acceptors (Lipinski definition) is 6. The highest BCUT2D eigenvalue weighted by Crippen LogP contribution is 2.31. The van der Waals surface area contributed by atoms with Crippen LogP contribution in [-0.2, 0) is 26.7 Å². The van der Waals surface area contributed by atoms with Gasteiger partial charge in [-0.1, -0.05) is 13.5 Å². The first-order chi connectivity index (χ1) is 12.3. The van der Waals surface area contributed by atoms with Crippen LogP contribution in [0.15, 0.2) is 12.2 Å². The van der Waals surface area contributed by atoms with Gasteiger partial charge in [0.25, 0.3) is 0 Å². The van der Waals surface area contributed by atoms with Crippen LogP contribution in [0, 0.1) is 0 Å². The van der Waals surface area contributed by atoms with Gasteiger partial charge >= 0.3 is 20.7 Å². The van der Waals surface area contributed by atoms with Crippen LogP contribution in [0.25, 0.3) is 0 Å². The summed E-state index contributed by atoms with van der Waals surface area (Å²) in [4.78, 5) is 23.4. The molecular formula is C17H38O7Si4. The molecule has 0 aliphatic heterocycles. The predicted molar refractivity (Wildman–Crippen MR) is 121 cm³/mol. The van der Waals surface area contributed by atoms with Crippen LogP contribution >= 0.6 is 0 Å². The average Bonchev–Trinajstić information content (AvgIpc) is 2.37.